The average molecular weight is 444 g/mol. The Morgan fingerprint density at radius 2 is 1.75 bits per heavy atom. The molecule has 1 saturated heterocycles. The minimum Gasteiger partial charge on any atom is -0.390 e. The molecular weight excluding hydrogens is 425 g/mol. The molecule has 0 radical (unpaired) electrons. The molecule has 2 aromatic rings. The molecule has 2 unspecified atom stereocenters. The quantitative estimate of drug-likeness (QED) is 0.546. The van der Waals surface area contributed by atoms with E-state index in [1.807, 2.05) is 0 Å². The molecule has 1 heterocycles. The molecule has 0 bridgehead atoms. The Morgan fingerprint density at radius 1 is 1.07 bits per heavy atom. The molecule has 0 aliphatic carbocycles. The molecule has 1 amide bonds. The number of hydrogen-bond donors (Lipinski definition) is 4. The zero-order valence-electron chi connectivity index (χ0n) is 14.7. The van der Waals surface area contributed by atoms with Crippen LogP contribution in [0, 0.1) is 0 Å². The zero-order chi connectivity index (χ0) is 20.3. The van der Waals surface area contributed by atoms with E-state index in [2.05, 4.69) is 16.0 Å². The number of aliphatic hydroxyl groups excluding tert-OH is 1. The normalized spacial score (nSPS) is 20.5. The van der Waals surface area contributed by atoms with Gasteiger partial charge in [0.05, 0.1) is 45.9 Å². The highest BCUT2D eigenvalue weighted by Crippen LogP contribution is 2.29. The maximum Gasteiger partial charge on any atom is 0.243 e. The number of carbonyl (C=O) groups is 1. The largest absolute Gasteiger partial charge is 0.390 e. The first-order valence-electron chi connectivity index (χ1n) is 8.46. The molecule has 0 saturated carbocycles. The lowest BCUT2D eigenvalue weighted by Crippen LogP contribution is -2.31. The number of nitrogens with one attached hydrogen (secondary N) is 3. The van der Waals surface area contributed by atoms with E-state index in [1.165, 1.54) is 0 Å². The van der Waals surface area contributed by atoms with Crippen molar-refractivity contribution in [3.05, 3.63) is 52.5 Å². The van der Waals surface area contributed by atoms with Crippen LogP contribution < -0.4 is 16.0 Å². The third-order valence-corrected chi connectivity index (χ3v) is 6.77. The van der Waals surface area contributed by atoms with Crippen LogP contribution in [0.5, 0.6) is 0 Å². The number of aliphatic hydroxyl groups is 1. The van der Waals surface area contributed by atoms with Crippen molar-refractivity contribution in [2.24, 2.45) is 0 Å². The Bertz CT molecular complexity index is 967. The second-order valence-electron chi connectivity index (χ2n) is 6.48. The van der Waals surface area contributed by atoms with Crippen LogP contribution in [-0.2, 0) is 14.6 Å². The van der Waals surface area contributed by atoms with E-state index >= 15 is 0 Å². The number of halogens is 2. The SMILES string of the molecule is O=C(CNc1ccc(NC2CS(=O)(=O)CC2O)cc1)Nc1cccc(Cl)c1Cl. The molecule has 0 aromatic heterocycles. The fourth-order valence-corrected chi connectivity index (χ4v) is 4.93. The maximum absolute atomic E-state index is 12.1. The van der Waals surface area contributed by atoms with Crippen molar-refractivity contribution in [3.8, 4) is 0 Å². The molecule has 150 valence electrons. The van der Waals surface area contributed by atoms with E-state index in [1.54, 1.807) is 42.5 Å². The van der Waals surface area contributed by atoms with Crippen LogP contribution in [-0.4, -0.2) is 49.6 Å². The van der Waals surface area contributed by atoms with Crippen molar-refractivity contribution < 1.29 is 18.3 Å². The number of amides is 1. The summed E-state index contributed by atoms with van der Waals surface area (Å²) < 4.78 is 23.1. The highest BCUT2D eigenvalue weighted by molar-refractivity contribution is 7.91. The van der Waals surface area contributed by atoms with Crippen LogP contribution in [0.3, 0.4) is 0 Å². The minimum atomic E-state index is -3.21. The molecule has 2 aromatic carbocycles. The van der Waals surface area contributed by atoms with Gasteiger partial charge in [0.2, 0.25) is 5.91 Å². The summed E-state index contributed by atoms with van der Waals surface area (Å²) in [4.78, 5) is 12.1. The third kappa shape index (κ3) is 5.29. The summed E-state index contributed by atoms with van der Waals surface area (Å²) >= 11 is 12.0. The Hall–Kier alpha value is -2.00. The molecule has 2 atom stereocenters. The molecular formula is C18H19Cl2N3O4S. The minimum absolute atomic E-state index is 0.0230. The van der Waals surface area contributed by atoms with Gasteiger partial charge in [-0.2, -0.15) is 0 Å². The van der Waals surface area contributed by atoms with Gasteiger partial charge >= 0.3 is 0 Å². The van der Waals surface area contributed by atoms with Gasteiger partial charge in [0.15, 0.2) is 9.84 Å². The predicted molar refractivity (Wildman–Crippen MR) is 112 cm³/mol. The van der Waals surface area contributed by atoms with Crippen LogP contribution in [0.1, 0.15) is 0 Å². The lowest BCUT2D eigenvalue weighted by molar-refractivity contribution is -0.114. The molecule has 7 nitrogen and oxygen atoms in total. The van der Waals surface area contributed by atoms with E-state index in [-0.39, 0.29) is 29.0 Å². The van der Waals surface area contributed by atoms with Gasteiger partial charge in [-0.15, -0.1) is 0 Å². The monoisotopic (exact) mass is 443 g/mol. The van der Waals surface area contributed by atoms with E-state index in [0.717, 1.165) is 0 Å². The lowest BCUT2D eigenvalue weighted by atomic mass is 10.2. The Labute approximate surface area is 173 Å². The average Bonchev–Trinajstić information content (AvgIpc) is 2.90. The maximum atomic E-state index is 12.1. The number of sulfone groups is 1. The van der Waals surface area contributed by atoms with E-state index in [9.17, 15) is 18.3 Å². The summed E-state index contributed by atoms with van der Waals surface area (Å²) in [7, 11) is -3.21. The molecule has 28 heavy (non-hydrogen) atoms. The third-order valence-electron chi connectivity index (χ3n) is 4.24. The molecule has 1 aliphatic heterocycles. The summed E-state index contributed by atoms with van der Waals surface area (Å²) in [5, 5.41) is 19.1. The highest BCUT2D eigenvalue weighted by Gasteiger charge is 2.36. The van der Waals surface area contributed by atoms with Crippen molar-refractivity contribution in [2.75, 3.05) is 34.0 Å². The van der Waals surface area contributed by atoms with Gasteiger partial charge in [-0.1, -0.05) is 29.3 Å². The molecule has 4 N–H and O–H groups in total. The number of carbonyl (C=O) groups excluding carboxylic acids is 1. The Morgan fingerprint density at radius 3 is 2.39 bits per heavy atom. The Kier molecular flexibility index (Phi) is 6.34. The molecule has 1 fully saturated rings. The van der Waals surface area contributed by atoms with Gasteiger partial charge in [0.25, 0.3) is 0 Å². The van der Waals surface area contributed by atoms with Crippen molar-refractivity contribution >= 4 is 56.0 Å². The number of anilines is 3. The summed E-state index contributed by atoms with van der Waals surface area (Å²) in [6.45, 7) is 0.0230. The first kappa shape index (κ1) is 20.7. The van der Waals surface area contributed by atoms with Crippen LogP contribution in [0.4, 0.5) is 17.1 Å². The Balaban J connectivity index is 1.52. The van der Waals surface area contributed by atoms with Crippen LogP contribution >= 0.6 is 23.2 Å². The zero-order valence-corrected chi connectivity index (χ0v) is 17.0. The van der Waals surface area contributed by atoms with E-state index in [0.29, 0.717) is 22.1 Å². The van der Waals surface area contributed by atoms with E-state index < -0.39 is 22.0 Å². The van der Waals surface area contributed by atoms with Crippen LogP contribution in [0.2, 0.25) is 10.0 Å². The van der Waals surface area contributed by atoms with Gasteiger partial charge in [-0.3, -0.25) is 4.79 Å². The first-order chi connectivity index (χ1) is 13.2. The van der Waals surface area contributed by atoms with Gasteiger partial charge in [0, 0.05) is 11.4 Å². The van der Waals surface area contributed by atoms with E-state index in [4.69, 9.17) is 23.2 Å². The summed E-state index contributed by atoms with van der Waals surface area (Å²) in [6.07, 6.45) is -0.926. The summed E-state index contributed by atoms with van der Waals surface area (Å²) in [5.41, 5.74) is 1.82. The van der Waals surface area contributed by atoms with Crippen molar-refractivity contribution in [1.82, 2.24) is 0 Å². The molecule has 3 rings (SSSR count). The number of rotatable bonds is 6. The van der Waals surface area contributed by atoms with Gasteiger partial charge in [-0.05, 0) is 36.4 Å². The molecule has 0 spiro atoms. The standard InChI is InChI=1S/C18H19Cl2N3O4S/c19-13-2-1-3-14(18(13)20)23-17(25)8-21-11-4-6-12(7-5-11)22-15-9-28(26,27)10-16(15)24/h1-7,15-16,21-22,24H,8-10H2,(H,23,25). The van der Waals surface area contributed by atoms with Gasteiger partial charge in [-0.25, -0.2) is 8.42 Å². The fourth-order valence-electron chi connectivity index (χ4n) is 2.84. The summed E-state index contributed by atoms with van der Waals surface area (Å²) in [6, 6.07) is 11.4. The second kappa shape index (κ2) is 8.57. The lowest BCUT2D eigenvalue weighted by Gasteiger charge is -2.16. The molecule has 10 heteroatoms. The number of hydrogen-bond acceptors (Lipinski definition) is 6. The summed E-state index contributed by atoms with van der Waals surface area (Å²) in [5.74, 6) is -0.609. The van der Waals surface area contributed by atoms with Gasteiger partial charge in [0.1, 0.15) is 0 Å². The number of benzene rings is 2. The van der Waals surface area contributed by atoms with Crippen LogP contribution in [0.15, 0.2) is 42.5 Å². The smallest absolute Gasteiger partial charge is 0.243 e. The fraction of sp³-hybridized carbons (Fsp3) is 0.278. The second-order valence-corrected chi connectivity index (χ2v) is 9.41. The van der Waals surface area contributed by atoms with Crippen molar-refractivity contribution in [3.63, 3.8) is 0 Å². The van der Waals surface area contributed by atoms with Gasteiger partial charge < -0.3 is 21.1 Å². The first-order valence-corrected chi connectivity index (χ1v) is 11.0. The predicted octanol–water partition coefficient (Wildman–Crippen LogP) is 2.61. The van der Waals surface area contributed by atoms with Crippen molar-refractivity contribution in [2.45, 2.75) is 12.1 Å². The van der Waals surface area contributed by atoms with Crippen molar-refractivity contribution in [1.29, 1.82) is 0 Å². The topological polar surface area (TPSA) is 108 Å². The highest BCUT2D eigenvalue weighted by atomic mass is 35.5. The molecule has 1 aliphatic rings. The van der Waals surface area contributed by atoms with Crippen LogP contribution in [0.25, 0.3) is 0 Å².